The fourth-order valence-electron chi connectivity index (χ4n) is 2.51. The Labute approximate surface area is 98.3 Å². The predicted octanol–water partition coefficient (Wildman–Crippen LogP) is 0.703. The van der Waals surface area contributed by atoms with Crippen LogP contribution >= 0.6 is 0 Å². The molecule has 0 radical (unpaired) electrons. The van der Waals surface area contributed by atoms with Crippen LogP contribution < -0.4 is 11.5 Å². The van der Waals surface area contributed by atoms with Crippen molar-refractivity contribution in [2.75, 3.05) is 26.2 Å². The second-order valence-electron chi connectivity index (χ2n) is 4.82. The number of rotatable bonds is 7. The molecule has 0 aromatic carbocycles. The first-order valence-electron chi connectivity index (χ1n) is 6.43. The molecule has 0 unspecified atom stereocenters. The summed E-state index contributed by atoms with van der Waals surface area (Å²) in [6.07, 6.45) is 8.03. The minimum Gasteiger partial charge on any atom is -0.369 e. The summed E-state index contributed by atoms with van der Waals surface area (Å²) in [6.45, 7) is 2.68. The summed E-state index contributed by atoms with van der Waals surface area (Å²) < 4.78 is 0. The molecule has 1 aliphatic carbocycles. The summed E-state index contributed by atoms with van der Waals surface area (Å²) in [4.78, 5) is 13.0. The van der Waals surface area contributed by atoms with Crippen molar-refractivity contribution in [1.82, 2.24) is 4.90 Å². The van der Waals surface area contributed by atoms with E-state index in [0.29, 0.717) is 13.1 Å². The Kier molecular flexibility index (Phi) is 6.42. The van der Waals surface area contributed by atoms with E-state index in [1.807, 2.05) is 0 Å². The lowest BCUT2D eigenvalue weighted by molar-refractivity contribution is -0.119. The maximum atomic E-state index is 10.9. The van der Waals surface area contributed by atoms with Crippen LogP contribution in [-0.4, -0.2) is 37.0 Å². The molecule has 0 spiro atoms. The Morgan fingerprint density at radius 3 is 2.44 bits per heavy atom. The van der Waals surface area contributed by atoms with Crippen molar-refractivity contribution in [3.05, 3.63) is 0 Å². The molecule has 1 aliphatic rings. The summed E-state index contributed by atoms with van der Waals surface area (Å²) in [5.74, 6) is 0.596. The zero-order valence-corrected chi connectivity index (χ0v) is 10.2. The van der Waals surface area contributed by atoms with Crippen LogP contribution in [0.1, 0.15) is 38.5 Å². The van der Waals surface area contributed by atoms with E-state index in [-0.39, 0.29) is 5.91 Å². The van der Waals surface area contributed by atoms with E-state index in [9.17, 15) is 4.79 Å². The van der Waals surface area contributed by atoms with Gasteiger partial charge in [-0.05, 0) is 18.9 Å². The quantitative estimate of drug-likeness (QED) is 0.672. The predicted molar refractivity (Wildman–Crippen MR) is 65.9 cm³/mol. The zero-order valence-electron chi connectivity index (χ0n) is 10.2. The topological polar surface area (TPSA) is 72.3 Å². The Bertz CT molecular complexity index is 202. The monoisotopic (exact) mass is 227 g/mol. The van der Waals surface area contributed by atoms with E-state index in [0.717, 1.165) is 19.0 Å². The Hall–Kier alpha value is -0.610. The van der Waals surface area contributed by atoms with Crippen LogP contribution in [0.2, 0.25) is 0 Å². The van der Waals surface area contributed by atoms with Gasteiger partial charge in [-0.3, -0.25) is 9.69 Å². The number of carbonyl (C=O) groups is 1. The Balaban J connectivity index is 2.21. The maximum absolute atomic E-state index is 10.9. The van der Waals surface area contributed by atoms with E-state index in [1.165, 1.54) is 38.5 Å². The molecule has 0 saturated heterocycles. The van der Waals surface area contributed by atoms with Crippen molar-refractivity contribution in [3.8, 4) is 0 Å². The van der Waals surface area contributed by atoms with Gasteiger partial charge in [-0.1, -0.05) is 32.1 Å². The lowest BCUT2D eigenvalue weighted by Gasteiger charge is -2.25. The highest BCUT2D eigenvalue weighted by Gasteiger charge is 2.15. The molecule has 0 heterocycles. The van der Waals surface area contributed by atoms with Gasteiger partial charge in [-0.25, -0.2) is 0 Å². The molecular formula is C12H25N3O. The number of primary amides is 1. The van der Waals surface area contributed by atoms with Crippen molar-refractivity contribution in [3.63, 3.8) is 0 Å². The van der Waals surface area contributed by atoms with Crippen molar-refractivity contribution < 1.29 is 4.79 Å². The lowest BCUT2D eigenvalue weighted by atomic mass is 9.87. The highest BCUT2D eigenvalue weighted by atomic mass is 16.1. The summed E-state index contributed by atoms with van der Waals surface area (Å²) in [6, 6.07) is 0. The van der Waals surface area contributed by atoms with Gasteiger partial charge >= 0.3 is 0 Å². The van der Waals surface area contributed by atoms with Crippen LogP contribution in [0.4, 0.5) is 0 Å². The smallest absolute Gasteiger partial charge is 0.231 e. The molecule has 0 aromatic rings. The van der Waals surface area contributed by atoms with Crippen LogP contribution in [0.25, 0.3) is 0 Å². The Morgan fingerprint density at radius 1 is 1.19 bits per heavy atom. The van der Waals surface area contributed by atoms with Gasteiger partial charge in [0.15, 0.2) is 0 Å². The van der Waals surface area contributed by atoms with Gasteiger partial charge in [0, 0.05) is 13.1 Å². The third kappa shape index (κ3) is 5.47. The number of hydrogen-bond donors (Lipinski definition) is 2. The minimum absolute atomic E-state index is 0.253. The Morgan fingerprint density at radius 2 is 1.88 bits per heavy atom. The van der Waals surface area contributed by atoms with Gasteiger partial charge < -0.3 is 11.5 Å². The van der Waals surface area contributed by atoms with Gasteiger partial charge in [0.2, 0.25) is 5.91 Å². The maximum Gasteiger partial charge on any atom is 0.231 e. The van der Waals surface area contributed by atoms with Gasteiger partial charge in [0.1, 0.15) is 0 Å². The molecule has 1 saturated carbocycles. The van der Waals surface area contributed by atoms with E-state index in [1.54, 1.807) is 0 Å². The number of hydrogen-bond acceptors (Lipinski definition) is 3. The molecule has 1 fully saturated rings. The number of amides is 1. The van der Waals surface area contributed by atoms with Crippen LogP contribution in [-0.2, 0) is 4.79 Å². The molecule has 94 valence electrons. The number of carbonyl (C=O) groups excluding carboxylic acids is 1. The molecule has 4 nitrogen and oxygen atoms in total. The van der Waals surface area contributed by atoms with E-state index >= 15 is 0 Å². The standard InChI is InChI=1S/C12H25N3O/c13-7-9-15(10-12(14)16)8-6-11-4-2-1-3-5-11/h11H,1-10,13H2,(H2,14,16). The van der Waals surface area contributed by atoms with Crippen molar-refractivity contribution in [2.24, 2.45) is 17.4 Å². The molecule has 0 aromatic heterocycles. The lowest BCUT2D eigenvalue weighted by Crippen LogP contribution is -2.38. The van der Waals surface area contributed by atoms with Crippen LogP contribution in [0.3, 0.4) is 0 Å². The average molecular weight is 227 g/mol. The van der Waals surface area contributed by atoms with E-state index < -0.39 is 0 Å². The van der Waals surface area contributed by atoms with Gasteiger partial charge in [-0.2, -0.15) is 0 Å². The normalized spacial score (nSPS) is 17.9. The number of nitrogens with zero attached hydrogens (tertiary/aromatic N) is 1. The first kappa shape index (κ1) is 13.5. The molecular weight excluding hydrogens is 202 g/mol. The SMILES string of the molecule is NCCN(CCC1CCCCC1)CC(N)=O. The van der Waals surface area contributed by atoms with Crippen LogP contribution in [0.5, 0.6) is 0 Å². The van der Waals surface area contributed by atoms with Crippen LogP contribution in [0.15, 0.2) is 0 Å². The molecule has 4 N–H and O–H groups in total. The molecule has 0 atom stereocenters. The molecule has 1 rings (SSSR count). The van der Waals surface area contributed by atoms with Crippen molar-refractivity contribution >= 4 is 5.91 Å². The summed E-state index contributed by atoms with van der Waals surface area (Å²) in [5, 5.41) is 0. The fraction of sp³-hybridized carbons (Fsp3) is 0.917. The number of nitrogens with two attached hydrogens (primary N) is 2. The highest BCUT2D eigenvalue weighted by Crippen LogP contribution is 2.26. The molecule has 0 aliphatic heterocycles. The molecule has 0 bridgehead atoms. The van der Waals surface area contributed by atoms with Gasteiger partial charge in [-0.15, -0.1) is 0 Å². The summed E-state index contributed by atoms with van der Waals surface area (Å²) >= 11 is 0. The average Bonchev–Trinajstić information content (AvgIpc) is 2.27. The van der Waals surface area contributed by atoms with Crippen LogP contribution in [0, 0.1) is 5.92 Å². The minimum atomic E-state index is -0.253. The summed E-state index contributed by atoms with van der Waals surface area (Å²) in [7, 11) is 0. The van der Waals surface area contributed by atoms with E-state index in [4.69, 9.17) is 11.5 Å². The molecule has 1 amide bonds. The molecule has 4 heteroatoms. The first-order valence-corrected chi connectivity index (χ1v) is 6.43. The van der Waals surface area contributed by atoms with E-state index in [2.05, 4.69) is 4.90 Å². The van der Waals surface area contributed by atoms with Crippen molar-refractivity contribution in [2.45, 2.75) is 38.5 Å². The highest BCUT2D eigenvalue weighted by molar-refractivity contribution is 5.75. The third-order valence-corrected chi connectivity index (χ3v) is 3.40. The third-order valence-electron chi connectivity index (χ3n) is 3.40. The second-order valence-corrected chi connectivity index (χ2v) is 4.82. The van der Waals surface area contributed by atoms with Gasteiger partial charge in [0.25, 0.3) is 0 Å². The zero-order chi connectivity index (χ0) is 11.8. The van der Waals surface area contributed by atoms with Crippen molar-refractivity contribution in [1.29, 1.82) is 0 Å². The first-order chi connectivity index (χ1) is 7.72. The molecule has 16 heavy (non-hydrogen) atoms. The fourth-order valence-corrected chi connectivity index (χ4v) is 2.51. The van der Waals surface area contributed by atoms with Gasteiger partial charge in [0.05, 0.1) is 6.54 Å². The summed E-state index contributed by atoms with van der Waals surface area (Å²) in [5.41, 5.74) is 10.7. The second kappa shape index (κ2) is 7.63. The largest absolute Gasteiger partial charge is 0.369 e.